The van der Waals surface area contributed by atoms with Crippen molar-refractivity contribution < 1.29 is 15.3 Å². The van der Waals surface area contributed by atoms with Gasteiger partial charge in [0.2, 0.25) is 0 Å². The smallest absolute Gasteiger partial charge is 0.170 e. The fourth-order valence-corrected chi connectivity index (χ4v) is 2.53. The Morgan fingerprint density at radius 2 is 1.86 bits per heavy atom. The van der Waals surface area contributed by atoms with E-state index in [0.717, 1.165) is 11.3 Å². The molecule has 2 aromatic rings. The van der Waals surface area contributed by atoms with Crippen LogP contribution < -0.4 is 16.0 Å². The number of nitrogens with one attached hydrogen (secondary N) is 3. The zero-order chi connectivity index (χ0) is 20.7. The average molecular weight is 406 g/mol. The Morgan fingerprint density at radius 1 is 1.18 bits per heavy atom. The van der Waals surface area contributed by atoms with Gasteiger partial charge in [-0.15, -0.1) is 0 Å². The number of thiocarbonyl (C=S) groups is 1. The maximum absolute atomic E-state index is 10.4. The molecule has 0 aliphatic rings. The maximum Gasteiger partial charge on any atom is 0.170 e. The summed E-state index contributed by atoms with van der Waals surface area (Å²) < 4.78 is 0. The fraction of sp³-hybridized carbons (Fsp3) is 0.421. The second kappa shape index (κ2) is 9.74. The Labute approximate surface area is 170 Å². The highest BCUT2D eigenvalue weighted by molar-refractivity contribution is 7.80. The van der Waals surface area contributed by atoms with E-state index in [0.29, 0.717) is 29.0 Å². The molecule has 28 heavy (non-hydrogen) atoms. The summed E-state index contributed by atoms with van der Waals surface area (Å²) in [6.45, 7) is 5.49. The van der Waals surface area contributed by atoms with E-state index in [4.69, 9.17) is 17.3 Å². The van der Waals surface area contributed by atoms with Gasteiger partial charge in [0.05, 0.1) is 18.9 Å². The first-order valence-corrected chi connectivity index (χ1v) is 9.39. The Bertz CT molecular complexity index is 793. The minimum atomic E-state index is -1.14. The van der Waals surface area contributed by atoms with E-state index < -0.39 is 5.60 Å². The molecule has 6 N–H and O–H groups in total. The minimum absolute atomic E-state index is 0.000903. The van der Waals surface area contributed by atoms with Crippen molar-refractivity contribution in [2.75, 3.05) is 30.4 Å². The van der Waals surface area contributed by atoms with Crippen LogP contribution >= 0.6 is 12.2 Å². The zero-order valence-electron chi connectivity index (χ0n) is 16.2. The van der Waals surface area contributed by atoms with Crippen LogP contribution in [0.15, 0.2) is 30.3 Å². The first-order chi connectivity index (χ1) is 13.2. The SMILES string of the molecule is C[C@@H](CO)Nc1cc(C(C)(C)O)nc(-c2ccc(NC(=S)NCCO)cc2)n1. The Balaban J connectivity index is 2.27. The predicted octanol–water partition coefficient (Wildman–Crippen LogP) is 1.44. The third kappa shape index (κ3) is 6.38. The molecule has 8 nitrogen and oxygen atoms in total. The van der Waals surface area contributed by atoms with Gasteiger partial charge >= 0.3 is 0 Å². The lowest BCUT2D eigenvalue weighted by atomic mass is 10.0. The number of aliphatic hydroxyl groups excluding tert-OH is 2. The van der Waals surface area contributed by atoms with E-state index in [9.17, 15) is 10.2 Å². The third-order valence-corrected chi connectivity index (χ3v) is 4.07. The number of rotatable bonds is 8. The molecule has 1 heterocycles. The van der Waals surface area contributed by atoms with Crippen LogP contribution in [-0.4, -0.2) is 56.2 Å². The molecule has 0 aliphatic carbocycles. The van der Waals surface area contributed by atoms with Crippen LogP contribution in [0.5, 0.6) is 0 Å². The van der Waals surface area contributed by atoms with E-state index >= 15 is 0 Å². The summed E-state index contributed by atoms with van der Waals surface area (Å²) in [7, 11) is 0. The molecule has 0 saturated heterocycles. The van der Waals surface area contributed by atoms with Crippen LogP contribution in [0.25, 0.3) is 11.4 Å². The van der Waals surface area contributed by atoms with Gasteiger partial charge in [-0.25, -0.2) is 9.97 Å². The molecule has 1 aromatic carbocycles. The quantitative estimate of drug-likeness (QED) is 0.362. The number of aliphatic hydroxyl groups is 3. The van der Waals surface area contributed by atoms with Gasteiger partial charge in [0.25, 0.3) is 0 Å². The summed E-state index contributed by atoms with van der Waals surface area (Å²) in [5, 5.41) is 37.9. The second-order valence-electron chi connectivity index (χ2n) is 6.93. The van der Waals surface area contributed by atoms with Crippen LogP contribution in [0.2, 0.25) is 0 Å². The van der Waals surface area contributed by atoms with Crippen molar-refractivity contribution in [3.8, 4) is 11.4 Å². The normalized spacial score (nSPS) is 12.4. The van der Waals surface area contributed by atoms with Gasteiger partial charge in [-0.05, 0) is 57.3 Å². The molecule has 152 valence electrons. The first kappa shape index (κ1) is 22.0. The summed E-state index contributed by atoms with van der Waals surface area (Å²) in [5.74, 6) is 0.986. The van der Waals surface area contributed by atoms with E-state index in [2.05, 4.69) is 25.9 Å². The Kier molecular flexibility index (Phi) is 7.64. The lowest BCUT2D eigenvalue weighted by Gasteiger charge is -2.20. The summed E-state index contributed by atoms with van der Waals surface area (Å²) in [6, 6.07) is 8.87. The van der Waals surface area contributed by atoms with Crippen molar-refractivity contribution in [2.45, 2.75) is 32.4 Å². The van der Waals surface area contributed by atoms with E-state index in [1.165, 1.54) is 0 Å². The van der Waals surface area contributed by atoms with Crippen molar-refractivity contribution in [2.24, 2.45) is 0 Å². The largest absolute Gasteiger partial charge is 0.395 e. The highest BCUT2D eigenvalue weighted by Gasteiger charge is 2.21. The van der Waals surface area contributed by atoms with Gasteiger partial charge < -0.3 is 31.3 Å². The number of hydrogen-bond acceptors (Lipinski definition) is 7. The van der Waals surface area contributed by atoms with Crippen LogP contribution in [0.1, 0.15) is 26.5 Å². The number of benzene rings is 1. The van der Waals surface area contributed by atoms with E-state index in [1.54, 1.807) is 19.9 Å². The molecule has 0 radical (unpaired) electrons. The van der Waals surface area contributed by atoms with Crippen molar-refractivity contribution in [1.29, 1.82) is 0 Å². The molecule has 0 fully saturated rings. The van der Waals surface area contributed by atoms with Gasteiger partial charge in [-0.3, -0.25) is 0 Å². The summed E-state index contributed by atoms with van der Waals surface area (Å²) in [6.07, 6.45) is 0. The average Bonchev–Trinajstić information content (AvgIpc) is 2.66. The molecule has 0 aliphatic heterocycles. The van der Waals surface area contributed by atoms with Gasteiger partial charge in [0.1, 0.15) is 11.4 Å². The molecule has 0 spiro atoms. The number of anilines is 2. The summed E-state index contributed by atoms with van der Waals surface area (Å²) in [5.41, 5.74) is 0.889. The fourth-order valence-electron chi connectivity index (χ4n) is 2.31. The number of hydrogen-bond donors (Lipinski definition) is 6. The monoisotopic (exact) mass is 405 g/mol. The molecule has 2 rings (SSSR count). The third-order valence-electron chi connectivity index (χ3n) is 3.82. The Morgan fingerprint density at radius 3 is 2.43 bits per heavy atom. The molecule has 1 aromatic heterocycles. The molecular weight excluding hydrogens is 378 g/mol. The minimum Gasteiger partial charge on any atom is -0.395 e. The predicted molar refractivity (Wildman–Crippen MR) is 114 cm³/mol. The standard InChI is InChI=1S/C19H27N5O3S/c1-12(11-26)21-16-10-15(19(2,3)27)23-17(24-16)13-4-6-14(7-5-13)22-18(28)20-8-9-25/h4-7,10,12,25-27H,8-9,11H2,1-3H3,(H2,20,22,28)(H,21,23,24)/t12-/m0/s1. The van der Waals surface area contributed by atoms with Gasteiger partial charge in [0.15, 0.2) is 10.9 Å². The molecule has 0 amide bonds. The van der Waals surface area contributed by atoms with Crippen molar-refractivity contribution in [3.05, 3.63) is 36.0 Å². The lowest BCUT2D eigenvalue weighted by molar-refractivity contribution is 0.0739. The topological polar surface area (TPSA) is 123 Å². The lowest BCUT2D eigenvalue weighted by Crippen LogP contribution is -2.30. The van der Waals surface area contributed by atoms with Crippen LogP contribution in [0.3, 0.4) is 0 Å². The van der Waals surface area contributed by atoms with Crippen LogP contribution in [0.4, 0.5) is 11.5 Å². The van der Waals surface area contributed by atoms with Gasteiger partial charge in [0, 0.05) is 29.9 Å². The molecule has 1 atom stereocenters. The highest BCUT2D eigenvalue weighted by atomic mass is 32.1. The van der Waals surface area contributed by atoms with Crippen molar-refractivity contribution in [3.63, 3.8) is 0 Å². The van der Waals surface area contributed by atoms with Crippen molar-refractivity contribution >= 4 is 28.8 Å². The maximum atomic E-state index is 10.4. The highest BCUT2D eigenvalue weighted by Crippen LogP contribution is 2.25. The Hall–Kier alpha value is -2.33. The zero-order valence-corrected chi connectivity index (χ0v) is 17.0. The molecule has 0 bridgehead atoms. The molecule has 0 unspecified atom stereocenters. The summed E-state index contributed by atoms with van der Waals surface area (Å²) in [4.78, 5) is 8.99. The second-order valence-corrected chi connectivity index (χ2v) is 7.34. The van der Waals surface area contributed by atoms with Gasteiger partial charge in [-0.1, -0.05) is 0 Å². The number of aromatic nitrogens is 2. The van der Waals surface area contributed by atoms with Crippen molar-refractivity contribution in [1.82, 2.24) is 15.3 Å². The number of nitrogens with zero attached hydrogens (tertiary/aromatic N) is 2. The molecule has 0 saturated carbocycles. The van der Waals surface area contributed by atoms with Crippen LogP contribution in [0, 0.1) is 0 Å². The molecule has 9 heteroatoms. The molecular formula is C19H27N5O3S. The van der Waals surface area contributed by atoms with Crippen LogP contribution in [-0.2, 0) is 5.60 Å². The van der Waals surface area contributed by atoms with E-state index in [1.807, 2.05) is 31.2 Å². The first-order valence-electron chi connectivity index (χ1n) is 8.98. The van der Waals surface area contributed by atoms with E-state index in [-0.39, 0.29) is 19.3 Å². The van der Waals surface area contributed by atoms with Gasteiger partial charge in [-0.2, -0.15) is 0 Å². The summed E-state index contributed by atoms with van der Waals surface area (Å²) >= 11 is 5.14.